The molecular formula is C14H17FN2O4. The molecule has 1 saturated heterocycles. The highest BCUT2D eigenvalue weighted by Gasteiger charge is 2.41. The summed E-state index contributed by atoms with van der Waals surface area (Å²) in [5, 5.41) is 20.4. The molecule has 0 saturated carbocycles. The number of nitro groups is 1. The number of benzene rings is 1. The van der Waals surface area contributed by atoms with Gasteiger partial charge in [0.2, 0.25) is 0 Å². The monoisotopic (exact) mass is 296 g/mol. The molecule has 0 spiro atoms. The zero-order valence-electron chi connectivity index (χ0n) is 11.7. The van der Waals surface area contributed by atoms with E-state index in [4.69, 9.17) is 0 Å². The van der Waals surface area contributed by atoms with Gasteiger partial charge >= 0.3 is 5.97 Å². The van der Waals surface area contributed by atoms with Gasteiger partial charge < -0.3 is 5.11 Å². The summed E-state index contributed by atoms with van der Waals surface area (Å²) in [4.78, 5) is 23.6. The van der Waals surface area contributed by atoms with Crippen molar-refractivity contribution in [1.29, 1.82) is 0 Å². The van der Waals surface area contributed by atoms with Crippen molar-refractivity contribution < 1.29 is 19.2 Å². The van der Waals surface area contributed by atoms with Crippen LogP contribution in [0.15, 0.2) is 18.2 Å². The van der Waals surface area contributed by atoms with Crippen LogP contribution >= 0.6 is 0 Å². The number of carboxylic acid groups (broad SMARTS) is 1. The van der Waals surface area contributed by atoms with Gasteiger partial charge in [0.15, 0.2) is 0 Å². The third kappa shape index (κ3) is 3.02. The maximum Gasteiger partial charge on any atom is 0.323 e. The van der Waals surface area contributed by atoms with E-state index in [9.17, 15) is 24.4 Å². The minimum absolute atomic E-state index is 0.0525. The number of likely N-dealkylation sites (tertiary alicyclic amines) is 1. The molecule has 1 heterocycles. The second-order valence-electron chi connectivity index (χ2n) is 5.49. The van der Waals surface area contributed by atoms with Crippen LogP contribution < -0.4 is 0 Å². The number of aliphatic carboxylic acids is 1. The van der Waals surface area contributed by atoms with Gasteiger partial charge in [0, 0.05) is 18.2 Å². The van der Waals surface area contributed by atoms with Gasteiger partial charge in [-0.3, -0.25) is 19.8 Å². The highest BCUT2D eigenvalue weighted by Crippen LogP contribution is 2.31. The van der Waals surface area contributed by atoms with Crippen LogP contribution in [0.1, 0.15) is 31.7 Å². The maximum atomic E-state index is 13.4. The third-order valence-electron chi connectivity index (χ3n) is 4.10. The van der Waals surface area contributed by atoms with E-state index in [1.807, 2.05) is 0 Å². The minimum atomic E-state index is -1.07. The lowest BCUT2D eigenvalue weighted by Gasteiger charge is -2.41. The van der Waals surface area contributed by atoms with Gasteiger partial charge in [-0.05, 0) is 44.9 Å². The number of halogens is 1. The Balaban J connectivity index is 2.33. The number of hydrogen-bond donors (Lipinski definition) is 1. The van der Waals surface area contributed by atoms with Crippen LogP contribution in [0, 0.1) is 15.9 Å². The van der Waals surface area contributed by atoms with Crippen molar-refractivity contribution in [1.82, 2.24) is 4.90 Å². The number of carboxylic acids is 1. The Labute approximate surface area is 121 Å². The molecule has 2 rings (SSSR count). The van der Waals surface area contributed by atoms with Gasteiger partial charge in [-0.1, -0.05) is 0 Å². The van der Waals surface area contributed by atoms with Gasteiger partial charge in [-0.15, -0.1) is 0 Å². The summed E-state index contributed by atoms with van der Waals surface area (Å²) >= 11 is 0. The quantitative estimate of drug-likeness (QED) is 0.682. The van der Waals surface area contributed by atoms with Crippen LogP contribution in [-0.2, 0) is 11.3 Å². The van der Waals surface area contributed by atoms with E-state index in [1.165, 1.54) is 0 Å². The molecule has 1 atom stereocenters. The van der Waals surface area contributed by atoms with Crippen LogP contribution in [0.3, 0.4) is 0 Å². The molecular weight excluding hydrogens is 279 g/mol. The lowest BCUT2D eigenvalue weighted by atomic mass is 9.88. The maximum absolute atomic E-state index is 13.4. The van der Waals surface area contributed by atoms with Crippen LogP contribution in [0.2, 0.25) is 0 Å². The molecule has 0 amide bonds. The molecule has 0 aliphatic carbocycles. The highest BCUT2D eigenvalue weighted by atomic mass is 19.1. The minimum Gasteiger partial charge on any atom is -0.480 e. The van der Waals surface area contributed by atoms with Crippen molar-refractivity contribution in [2.24, 2.45) is 0 Å². The van der Waals surface area contributed by atoms with Gasteiger partial charge in [0.1, 0.15) is 11.4 Å². The predicted octanol–water partition coefficient (Wildman–Crippen LogP) is 2.56. The highest BCUT2D eigenvalue weighted by molar-refractivity contribution is 5.78. The fourth-order valence-electron chi connectivity index (χ4n) is 2.74. The molecule has 0 radical (unpaired) electrons. The number of piperidine rings is 1. The molecule has 1 aliphatic rings. The zero-order valence-corrected chi connectivity index (χ0v) is 11.7. The van der Waals surface area contributed by atoms with Gasteiger partial charge in [-0.2, -0.15) is 0 Å². The molecule has 1 N–H and O–H groups in total. The molecule has 7 heteroatoms. The second kappa shape index (κ2) is 5.77. The standard InChI is InChI=1S/C14H17FN2O4/c1-14(13(18)19)6-2-3-7-16(14)9-10-8-11(15)4-5-12(10)17(20)21/h4-5,8H,2-3,6-7,9H2,1H3,(H,18,19). The fraction of sp³-hybridized carbons (Fsp3) is 0.500. The number of rotatable bonds is 4. The van der Waals surface area contributed by atoms with Crippen molar-refractivity contribution in [3.8, 4) is 0 Å². The first-order valence-electron chi connectivity index (χ1n) is 6.76. The fourth-order valence-corrected chi connectivity index (χ4v) is 2.74. The van der Waals surface area contributed by atoms with E-state index in [1.54, 1.807) is 11.8 Å². The Morgan fingerprint density at radius 3 is 2.86 bits per heavy atom. The smallest absolute Gasteiger partial charge is 0.323 e. The lowest BCUT2D eigenvalue weighted by Crippen LogP contribution is -2.54. The summed E-state index contributed by atoms with van der Waals surface area (Å²) in [7, 11) is 0. The van der Waals surface area contributed by atoms with Crippen molar-refractivity contribution in [3.63, 3.8) is 0 Å². The summed E-state index contributed by atoms with van der Waals surface area (Å²) < 4.78 is 13.4. The molecule has 1 aliphatic heterocycles. The largest absolute Gasteiger partial charge is 0.480 e. The van der Waals surface area contributed by atoms with Crippen LogP contribution in [0.25, 0.3) is 0 Å². The summed E-state index contributed by atoms with van der Waals surface area (Å²) in [6.45, 7) is 2.19. The zero-order chi connectivity index (χ0) is 15.6. The number of hydrogen-bond acceptors (Lipinski definition) is 4. The molecule has 1 unspecified atom stereocenters. The molecule has 1 aromatic rings. The summed E-state index contributed by atoms with van der Waals surface area (Å²) in [6.07, 6.45) is 2.10. The van der Waals surface area contributed by atoms with Crippen molar-refractivity contribution in [2.45, 2.75) is 38.3 Å². The van der Waals surface area contributed by atoms with E-state index in [-0.39, 0.29) is 17.8 Å². The first-order chi connectivity index (χ1) is 9.84. The van der Waals surface area contributed by atoms with Crippen molar-refractivity contribution in [3.05, 3.63) is 39.7 Å². The van der Waals surface area contributed by atoms with Crippen molar-refractivity contribution in [2.75, 3.05) is 6.54 Å². The molecule has 0 aromatic heterocycles. The normalized spacial score (nSPS) is 23.0. The molecule has 1 fully saturated rings. The molecule has 6 nitrogen and oxygen atoms in total. The second-order valence-corrected chi connectivity index (χ2v) is 5.49. The van der Waals surface area contributed by atoms with Gasteiger partial charge in [-0.25, -0.2) is 4.39 Å². The SMILES string of the molecule is CC1(C(=O)O)CCCCN1Cc1cc(F)ccc1[N+](=O)[O-]. The molecule has 21 heavy (non-hydrogen) atoms. The first kappa shape index (κ1) is 15.4. The Kier molecular flexibility index (Phi) is 4.22. The topological polar surface area (TPSA) is 83.7 Å². The Bertz CT molecular complexity index is 578. The summed E-state index contributed by atoms with van der Waals surface area (Å²) in [5.41, 5.74) is -1.05. The van der Waals surface area contributed by atoms with Crippen molar-refractivity contribution >= 4 is 11.7 Å². The van der Waals surface area contributed by atoms with E-state index in [2.05, 4.69) is 0 Å². The number of nitrogens with zero attached hydrogens (tertiary/aromatic N) is 2. The van der Waals surface area contributed by atoms with Gasteiger partial charge in [0.05, 0.1) is 4.92 Å². The van der Waals surface area contributed by atoms with Gasteiger partial charge in [0.25, 0.3) is 5.69 Å². The lowest BCUT2D eigenvalue weighted by molar-refractivity contribution is -0.385. The van der Waals surface area contributed by atoms with E-state index < -0.39 is 22.2 Å². The number of carbonyl (C=O) groups is 1. The Hall–Kier alpha value is -2.02. The van der Waals surface area contributed by atoms with Crippen LogP contribution in [0.5, 0.6) is 0 Å². The Morgan fingerprint density at radius 1 is 1.52 bits per heavy atom. The van der Waals surface area contributed by atoms with Crippen LogP contribution in [0.4, 0.5) is 10.1 Å². The summed E-state index contributed by atoms with van der Waals surface area (Å²) in [5.74, 6) is -1.52. The predicted molar refractivity (Wildman–Crippen MR) is 73.4 cm³/mol. The Morgan fingerprint density at radius 2 is 2.24 bits per heavy atom. The number of nitro benzene ring substituents is 1. The van der Waals surface area contributed by atoms with E-state index in [0.717, 1.165) is 31.0 Å². The average molecular weight is 296 g/mol. The van der Waals surface area contributed by atoms with E-state index >= 15 is 0 Å². The molecule has 114 valence electrons. The molecule has 1 aromatic carbocycles. The molecule has 0 bridgehead atoms. The van der Waals surface area contributed by atoms with E-state index in [0.29, 0.717) is 13.0 Å². The van der Waals surface area contributed by atoms with Crippen LogP contribution in [-0.4, -0.2) is 33.0 Å². The first-order valence-corrected chi connectivity index (χ1v) is 6.76. The third-order valence-corrected chi connectivity index (χ3v) is 4.10. The summed E-state index contributed by atoms with van der Waals surface area (Å²) in [6, 6.07) is 3.26. The average Bonchev–Trinajstić information content (AvgIpc) is 2.41.